The maximum Gasteiger partial charge on any atom is 0.387 e. The number of rotatable bonds is 6. The molecule has 6 nitrogen and oxygen atoms in total. The molecule has 0 bridgehead atoms. The molecule has 1 amide bonds. The molecule has 0 unspecified atom stereocenters. The van der Waals surface area contributed by atoms with E-state index >= 15 is 0 Å². The van der Waals surface area contributed by atoms with Crippen molar-refractivity contribution in [3.63, 3.8) is 0 Å². The lowest BCUT2D eigenvalue weighted by atomic mass is 10.1. The smallest absolute Gasteiger partial charge is 0.387 e. The molecule has 0 atom stereocenters. The number of ether oxygens (including phenoxy) is 1. The van der Waals surface area contributed by atoms with Crippen molar-refractivity contribution in [2.45, 2.75) is 37.7 Å². The molecule has 1 aliphatic heterocycles. The second kappa shape index (κ2) is 8.87. The van der Waals surface area contributed by atoms with Crippen LogP contribution in [0.15, 0.2) is 47.4 Å². The first-order chi connectivity index (χ1) is 13.8. The van der Waals surface area contributed by atoms with E-state index in [0.717, 1.165) is 19.3 Å². The number of nitrogens with one attached hydrogen (secondary N) is 1. The van der Waals surface area contributed by atoms with Gasteiger partial charge in [-0.15, -0.1) is 0 Å². The lowest BCUT2D eigenvalue weighted by Gasteiger charge is -2.26. The number of anilines is 1. The van der Waals surface area contributed by atoms with E-state index in [4.69, 9.17) is 0 Å². The van der Waals surface area contributed by atoms with Gasteiger partial charge in [0.2, 0.25) is 10.0 Å². The lowest BCUT2D eigenvalue weighted by Crippen LogP contribution is -2.35. The summed E-state index contributed by atoms with van der Waals surface area (Å²) in [6.07, 6.45) is 2.66. The van der Waals surface area contributed by atoms with E-state index < -0.39 is 22.5 Å². The lowest BCUT2D eigenvalue weighted by molar-refractivity contribution is -0.0498. The van der Waals surface area contributed by atoms with Gasteiger partial charge in [0.25, 0.3) is 5.91 Å². The van der Waals surface area contributed by atoms with Gasteiger partial charge >= 0.3 is 6.61 Å². The zero-order valence-electron chi connectivity index (χ0n) is 15.9. The number of benzene rings is 2. The van der Waals surface area contributed by atoms with Gasteiger partial charge in [-0.1, -0.05) is 18.6 Å². The van der Waals surface area contributed by atoms with Crippen molar-refractivity contribution in [2.24, 2.45) is 0 Å². The zero-order valence-corrected chi connectivity index (χ0v) is 16.7. The zero-order chi connectivity index (χ0) is 21.0. The molecule has 2 aromatic rings. The molecule has 0 spiro atoms. The summed E-state index contributed by atoms with van der Waals surface area (Å²) in [5.74, 6) is -0.689. The Balaban J connectivity index is 1.82. The number of hydrogen-bond donors (Lipinski definition) is 1. The number of aryl methyl sites for hydroxylation is 1. The van der Waals surface area contributed by atoms with Crippen molar-refractivity contribution in [3.05, 3.63) is 53.6 Å². The van der Waals surface area contributed by atoms with E-state index in [1.54, 1.807) is 13.0 Å². The van der Waals surface area contributed by atoms with Gasteiger partial charge in [0.1, 0.15) is 5.75 Å². The second-order valence-electron chi connectivity index (χ2n) is 6.80. The third kappa shape index (κ3) is 5.10. The van der Waals surface area contributed by atoms with Crippen LogP contribution in [0, 0.1) is 6.92 Å². The van der Waals surface area contributed by atoms with E-state index in [2.05, 4.69) is 10.1 Å². The molecule has 3 rings (SSSR count). The third-order valence-electron chi connectivity index (χ3n) is 4.73. The number of piperidine rings is 1. The van der Waals surface area contributed by atoms with Crippen molar-refractivity contribution < 1.29 is 26.7 Å². The third-order valence-corrected chi connectivity index (χ3v) is 6.63. The predicted octanol–water partition coefficient (Wildman–Crippen LogP) is 4.02. The molecule has 2 aromatic carbocycles. The maximum atomic E-state index is 12.9. The van der Waals surface area contributed by atoms with Crippen LogP contribution in [-0.4, -0.2) is 38.3 Å². The maximum absolute atomic E-state index is 12.9. The summed E-state index contributed by atoms with van der Waals surface area (Å²) in [5.41, 5.74) is 1.14. The molecule has 1 heterocycles. The van der Waals surface area contributed by atoms with Crippen LogP contribution in [0.2, 0.25) is 0 Å². The van der Waals surface area contributed by atoms with Gasteiger partial charge in [0.05, 0.1) is 4.90 Å². The summed E-state index contributed by atoms with van der Waals surface area (Å²) in [6.45, 7) is -0.292. The number of halogens is 2. The van der Waals surface area contributed by atoms with Crippen molar-refractivity contribution in [2.75, 3.05) is 18.4 Å². The first-order valence-corrected chi connectivity index (χ1v) is 10.7. The number of nitrogens with zero attached hydrogens (tertiary/aromatic N) is 1. The molecule has 0 radical (unpaired) electrons. The molecule has 1 aliphatic rings. The van der Waals surface area contributed by atoms with Crippen molar-refractivity contribution in [1.82, 2.24) is 4.31 Å². The molecule has 29 heavy (non-hydrogen) atoms. The molecular weight excluding hydrogens is 402 g/mol. The topological polar surface area (TPSA) is 75.7 Å². The molecule has 1 fully saturated rings. The van der Waals surface area contributed by atoms with Crippen LogP contribution >= 0.6 is 0 Å². The van der Waals surface area contributed by atoms with Crippen molar-refractivity contribution in [3.8, 4) is 5.75 Å². The van der Waals surface area contributed by atoms with Gasteiger partial charge in [-0.05, 0) is 55.7 Å². The average Bonchev–Trinajstić information content (AvgIpc) is 2.70. The van der Waals surface area contributed by atoms with Crippen LogP contribution < -0.4 is 10.1 Å². The van der Waals surface area contributed by atoms with Crippen LogP contribution in [-0.2, 0) is 10.0 Å². The first-order valence-electron chi connectivity index (χ1n) is 9.24. The number of sulfonamides is 1. The fourth-order valence-electron chi connectivity index (χ4n) is 3.16. The Hall–Kier alpha value is -2.52. The normalized spacial score (nSPS) is 15.3. The highest BCUT2D eigenvalue weighted by Gasteiger charge is 2.26. The Morgan fingerprint density at radius 3 is 2.52 bits per heavy atom. The molecule has 9 heteroatoms. The van der Waals surface area contributed by atoms with Gasteiger partial charge in [-0.2, -0.15) is 13.1 Å². The van der Waals surface area contributed by atoms with Crippen molar-refractivity contribution in [1.29, 1.82) is 0 Å². The number of amides is 1. The van der Waals surface area contributed by atoms with Crippen LogP contribution in [0.5, 0.6) is 5.75 Å². The Morgan fingerprint density at radius 2 is 1.83 bits per heavy atom. The minimum atomic E-state index is -3.64. The van der Waals surface area contributed by atoms with Gasteiger partial charge in [-0.25, -0.2) is 8.42 Å². The van der Waals surface area contributed by atoms with Crippen molar-refractivity contribution >= 4 is 21.6 Å². The van der Waals surface area contributed by atoms with E-state index in [9.17, 15) is 22.0 Å². The SMILES string of the molecule is Cc1ccc(S(=O)(=O)N2CCCCC2)cc1NC(=O)c1cccc(OC(F)F)c1. The highest BCUT2D eigenvalue weighted by molar-refractivity contribution is 7.89. The van der Waals surface area contributed by atoms with Gasteiger partial charge in [0, 0.05) is 24.3 Å². The number of hydrogen-bond acceptors (Lipinski definition) is 4. The number of carbonyl (C=O) groups is 1. The Morgan fingerprint density at radius 1 is 1.10 bits per heavy atom. The van der Waals surface area contributed by atoms with Gasteiger partial charge in [0.15, 0.2) is 0 Å². The van der Waals surface area contributed by atoms with Crippen LogP contribution in [0.4, 0.5) is 14.5 Å². The Kier molecular flexibility index (Phi) is 6.49. The summed E-state index contributed by atoms with van der Waals surface area (Å²) >= 11 is 0. The summed E-state index contributed by atoms with van der Waals surface area (Å²) < 4.78 is 56.3. The quantitative estimate of drug-likeness (QED) is 0.760. The van der Waals surface area contributed by atoms with Crippen LogP contribution in [0.25, 0.3) is 0 Å². The fourth-order valence-corrected chi connectivity index (χ4v) is 4.70. The summed E-state index contributed by atoms with van der Waals surface area (Å²) in [7, 11) is -3.64. The molecule has 0 saturated carbocycles. The van der Waals surface area contributed by atoms with E-state index in [-0.39, 0.29) is 16.2 Å². The summed E-state index contributed by atoms with van der Waals surface area (Å²) in [5, 5.41) is 2.66. The monoisotopic (exact) mass is 424 g/mol. The minimum Gasteiger partial charge on any atom is -0.435 e. The average molecular weight is 424 g/mol. The molecule has 1 N–H and O–H groups in total. The molecule has 0 aliphatic carbocycles. The highest BCUT2D eigenvalue weighted by Crippen LogP contribution is 2.26. The largest absolute Gasteiger partial charge is 0.435 e. The van der Waals surface area contributed by atoms with Crippen LogP contribution in [0.3, 0.4) is 0 Å². The summed E-state index contributed by atoms with van der Waals surface area (Å²) in [6, 6.07) is 9.98. The van der Waals surface area contributed by atoms with Gasteiger partial charge < -0.3 is 10.1 Å². The molecular formula is C20H22F2N2O4S. The standard InChI is InChI=1S/C20H22F2N2O4S/c1-14-8-9-17(29(26,27)24-10-3-2-4-11-24)13-18(14)23-19(25)15-6-5-7-16(12-15)28-20(21)22/h5-9,12-13,20H,2-4,10-11H2,1H3,(H,23,25). The van der Waals surface area contributed by atoms with E-state index in [0.29, 0.717) is 24.3 Å². The van der Waals surface area contributed by atoms with Gasteiger partial charge in [-0.3, -0.25) is 4.79 Å². The molecule has 0 aromatic heterocycles. The molecule has 156 valence electrons. The highest BCUT2D eigenvalue weighted by atomic mass is 32.2. The number of alkyl halides is 2. The summed E-state index contributed by atoms with van der Waals surface area (Å²) in [4.78, 5) is 12.7. The van der Waals surface area contributed by atoms with E-state index in [1.807, 2.05) is 0 Å². The molecule has 1 saturated heterocycles. The first kappa shape index (κ1) is 21.2. The number of carbonyl (C=O) groups excluding carboxylic acids is 1. The fraction of sp³-hybridized carbons (Fsp3) is 0.350. The Labute approximate surface area is 168 Å². The van der Waals surface area contributed by atoms with Crippen LogP contribution in [0.1, 0.15) is 35.2 Å². The van der Waals surface area contributed by atoms with E-state index in [1.165, 1.54) is 40.7 Å². The Bertz CT molecular complexity index is 990. The minimum absolute atomic E-state index is 0.107. The predicted molar refractivity (Wildman–Crippen MR) is 105 cm³/mol. The second-order valence-corrected chi connectivity index (χ2v) is 8.74.